The molecule has 2 rings (SSSR count). The van der Waals surface area contributed by atoms with Crippen molar-refractivity contribution in [2.24, 2.45) is 11.8 Å². The summed E-state index contributed by atoms with van der Waals surface area (Å²) in [6.07, 6.45) is 0.134. The maximum absolute atomic E-state index is 12.5. The Bertz CT molecular complexity index is 433. The van der Waals surface area contributed by atoms with Crippen LogP contribution in [0.1, 0.15) is 42.6 Å². The lowest BCUT2D eigenvalue weighted by atomic mass is 9.83. The molecular formula is C14H20O3. The number of carbonyl (C=O) groups excluding carboxylic acids is 1. The van der Waals surface area contributed by atoms with Gasteiger partial charge in [-0.15, -0.1) is 0 Å². The van der Waals surface area contributed by atoms with Crippen LogP contribution in [0.5, 0.6) is 0 Å². The average Bonchev–Trinajstić information content (AvgIpc) is 2.68. The lowest BCUT2D eigenvalue weighted by molar-refractivity contribution is 0.0491. The summed E-state index contributed by atoms with van der Waals surface area (Å²) in [5, 5.41) is 0. The summed E-state index contributed by atoms with van der Waals surface area (Å²) in [5.41, 5.74) is 0.712. The van der Waals surface area contributed by atoms with Crippen molar-refractivity contribution in [3.63, 3.8) is 0 Å². The van der Waals surface area contributed by atoms with Gasteiger partial charge in [0.25, 0.3) is 0 Å². The Labute approximate surface area is 102 Å². The van der Waals surface area contributed by atoms with E-state index < -0.39 is 0 Å². The SMILES string of the molecule is Cc1cc(C(=O)C2C(C)OC(C)C2C)c(C)o1. The fourth-order valence-electron chi connectivity index (χ4n) is 2.77. The summed E-state index contributed by atoms with van der Waals surface area (Å²) in [4.78, 5) is 12.5. The van der Waals surface area contributed by atoms with Crippen molar-refractivity contribution in [3.05, 3.63) is 23.2 Å². The Morgan fingerprint density at radius 1 is 1.18 bits per heavy atom. The lowest BCUT2D eigenvalue weighted by Gasteiger charge is -2.16. The zero-order valence-electron chi connectivity index (χ0n) is 11.1. The summed E-state index contributed by atoms with van der Waals surface area (Å²) >= 11 is 0. The fourth-order valence-corrected chi connectivity index (χ4v) is 2.77. The molecule has 94 valence electrons. The van der Waals surface area contributed by atoms with Crippen molar-refractivity contribution in [1.82, 2.24) is 0 Å². The van der Waals surface area contributed by atoms with E-state index in [0.717, 1.165) is 5.76 Å². The van der Waals surface area contributed by atoms with E-state index in [2.05, 4.69) is 6.92 Å². The first-order chi connectivity index (χ1) is 7.91. The summed E-state index contributed by atoms with van der Waals surface area (Å²) in [6.45, 7) is 9.80. The molecule has 17 heavy (non-hydrogen) atoms. The molecule has 2 heterocycles. The Hall–Kier alpha value is -1.09. The zero-order valence-corrected chi connectivity index (χ0v) is 11.1. The largest absolute Gasteiger partial charge is 0.466 e. The van der Waals surface area contributed by atoms with Crippen LogP contribution in [-0.4, -0.2) is 18.0 Å². The predicted molar refractivity (Wildman–Crippen MR) is 65.2 cm³/mol. The zero-order chi connectivity index (χ0) is 12.7. The van der Waals surface area contributed by atoms with E-state index in [1.165, 1.54) is 0 Å². The molecule has 0 saturated carbocycles. The van der Waals surface area contributed by atoms with E-state index in [1.54, 1.807) is 0 Å². The quantitative estimate of drug-likeness (QED) is 0.740. The van der Waals surface area contributed by atoms with E-state index in [1.807, 2.05) is 33.8 Å². The molecule has 3 nitrogen and oxygen atoms in total. The van der Waals surface area contributed by atoms with E-state index in [4.69, 9.17) is 9.15 Å². The first-order valence-electron chi connectivity index (χ1n) is 6.18. The molecule has 4 atom stereocenters. The standard InChI is InChI=1S/C14H20O3/c1-7-6-12(10(4)16-7)14(15)13-8(2)9(3)17-11(13)5/h6,8-9,11,13H,1-5H3. The number of rotatable bonds is 2. The number of hydrogen-bond donors (Lipinski definition) is 0. The summed E-state index contributed by atoms with van der Waals surface area (Å²) < 4.78 is 11.2. The van der Waals surface area contributed by atoms with Gasteiger partial charge < -0.3 is 9.15 Å². The smallest absolute Gasteiger partial charge is 0.172 e. The highest BCUT2D eigenvalue weighted by atomic mass is 16.5. The number of ketones is 1. The third-order valence-corrected chi connectivity index (χ3v) is 3.85. The number of furan rings is 1. The Balaban J connectivity index is 2.29. The van der Waals surface area contributed by atoms with E-state index >= 15 is 0 Å². The first kappa shape index (κ1) is 12.4. The van der Waals surface area contributed by atoms with Crippen LogP contribution in [0.15, 0.2) is 10.5 Å². The van der Waals surface area contributed by atoms with Crippen LogP contribution >= 0.6 is 0 Å². The lowest BCUT2D eigenvalue weighted by Crippen LogP contribution is -2.27. The Morgan fingerprint density at radius 2 is 1.82 bits per heavy atom. The van der Waals surface area contributed by atoms with Gasteiger partial charge in [-0.3, -0.25) is 4.79 Å². The molecule has 0 bridgehead atoms. The van der Waals surface area contributed by atoms with Gasteiger partial charge in [-0.25, -0.2) is 0 Å². The van der Waals surface area contributed by atoms with Crippen LogP contribution in [0, 0.1) is 25.7 Å². The van der Waals surface area contributed by atoms with Crippen molar-refractivity contribution in [2.45, 2.75) is 46.8 Å². The predicted octanol–water partition coefficient (Wildman–Crippen LogP) is 3.14. The summed E-state index contributed by atoms with van der Waals surface area (Å²) in [7, 11) is 0. The molecule has 0 aromatic carbocycles. The number of aryl methyl sites for hydroxylation is 2. The van der Waals surface area contributed by atoms with Crippen molar-refractivity contribution in [1.29, 1.82) is 0 Å². The van der Waals surface area contributed by atoms with E-state index in [0.29, 0.717) is 11.3 Å². The van der Waals surface area contributed by atoms with Crippen LogP contribution in [-0.2, 0) is 4.74 Å². The highest BCUT2D eigenvalue weighted by Crippen LogP contribution is 2.35. The van der Waals surface area contributed by atoms with Gasteiger partial charge in [0.1, 0.15) is 11.5 Å². The third-order valence-electron chi connectivity index (χ3n) is 3.85. The molecule has 0 radical (unpaired) electrons. The molecule has 1 aromatic rings. The summed E-state index contributed by atoms with van der Waals surface area (Å²) in [6, 6.07) is 1.83. The van der Waals surface area contributed by atoms with Crippen molar-refractivity contribution in [2.75, 3.05) is 0 Å². The van der Waals surface area contributed by atoms with Gasteiger partial charge in [-0.05, 0) is 39.7 Å². The van der Waals surface area contributed by atoms with E-state index in [9.17, 15) is 4.79 Å². The molecule has 0 amide bonds. The van der Waals surface area contributed by atoms with Gasteiger partial charge in [0.2, 0.25) is 0 Å². The van der Waals surface area contributed by atoms with Gasteiger partial charge in [-0.1, -0.05) is 6.92 Å². The molecule has 1 aliphatic rings. The second-order valence-electron chi connectivity index (χ2n) is 5.12. The fraction of sp³-hybridized carbons (Fsp3) is 0.643. The van der Waals surface area contributed by atoms with Crippen LogP contribution < -0.4 is 0 Å². The van der Waals surface area contributed by atoms with Gasteiger partial charge in [-0.2, -0.15) is 0 Å². The molecule has 0 N–H and O–H groups in total. The maximum Gasteiger partial charge on any atom is 0.172 e. The van der Waals surface area contributed by atoms with Crippen LogP contribution in [0.2, 0.25) is 0 Å². The van der Waals surface area contributed by atoms with Crippen molar-refractivity contribution < 1.29 is 13.9 Å². The van der Waals surface area contributed by atoms with E-state index in [-0.39, 0.29) is 29.8 Å². The monoisotopic (exact) mass is 236 g/mol. The highest BCUT2D eigenvalue weighted by molar-refractivity contribution is 5.99. The maximum atomic E-state index is 12.5. The van der Waals surface area contributed by atoms with Crippen LogP contribution in [0.25, 0.3) is 0 Å². The van der Waals surface area contributed by atoms with Gasteiger partial charge >= 0.3 is 0 Å². The number of carbonyl (C=O) groups is 1. The number of Topliss-reactive ketones (excluding diaryl/α,β-unsaturated/α-hetero) is 1. The first-order valence-corrected chi connectivity index (χ1v) is 6.18. The Morgan fingerprint density at radius 3 is 2.24 bits per heavy atom. The number of ether oxygens (including phenoxy) is 1. The molecule has 1 saturated heterocycles. The second kappa shape index (κ2) is 4.30. The molecule has 0 spiro atoms. The molecular weight excluding hydrogens is 216 g/mol. The van der Waals surface area contributed by atoms with Gasteiger partial charge in [0.05, 0.1) is 23.7 Å². The molecule has 0 aliphatic carbocycles. The molecule has 1 aliphatic heterocycles. The van der Waals surface area contributed by atoms with Gasteiger partial charge in [0.15, 0.2) is 5.78 Å². The van der Waals surface area contributed by atoms with Gasteiger partial charge in [0, 0.05) is 0 Å². The summed E-state index contributed by atoms with van der Waals surface area (Å²) in [5.74, 6) is 1.86. The number of hydrogen-bond acceptors (Lipinski definition) is 3. The highest BCUT2D eigenvalue weighted by Gasteiger charge is 2.42. The minimum absolute atomic E-state index is 0.0119. The third kappa shape index (κ3) is 2.04. The van der Waals surface area contributed by atoms with Crippen LogP contribution in [0.4, 0.5) is 0 Å². The molecule has 1 fully saturated rings. The van der Waals surface area contributed by atoms with Crippen molar-refractivity contribution in [3.8, 4) is 0 Å². The second-order valence-corrected chi connectivity index (χ2v) is 5.12. The van der Waals surface area contributed by atoms with Crippen molar-refractivity contribution >= 4 is 5.78 Å². The molecule has 4 unspecified atom stereocenters. The van der Waals surface area contributed by atoms with Crippen LogP contribution in [0.3, 0.4) is 0 Å². The minimum Gasteiger partial charge on any atom is -0.466 e. The minimum atomic E-state index is -0.0549. The molecule has 3 heteroatoms. The topological polar surface area (TPSA) is 39.4 Å². The average molecular weight is 236 g/mol. The Kier molecular flexibility index (Phi) is 3.13. The normalized spacial score (nSPS) is 33.0. The molecule has 1 aromatic heterocycles.